The van der Waals surface area contributed by atoms with Crippen LogP contribution in [0.15, 0.2) is 82.6 Å². The average Bonchev–Trinajstić information content (AvgIpc) is 3.54. The number of anilines is 1. The Bertz CT molecular complexity index is 2600. The summed E-state index contributed by atoms with van der Waals surface area (Å²) in [5.74, 6) is 0.191. The SMILES string of the molecule is Cn1c(=O)n(C2CCC(=O)NC2=O)c2ccc(C3CCN(CCC4CCN(C(=O)[C@H]5CCC[C@@H](Nc6ncc(F)c(-c7cccc(-n8ccccc8=O)c7)n6)C5)CC4)CC3)cc21. The number of benzene rings is 2. The highest BCUT2D eigenvalue weighted by Crippen LogP contribution is 2.34. The Morgan fingerprint density at radius 2 is 1.71 bits per heavy atom. The minimum Gasteiger partial charge on any atom is -0.351 e. The zero-order valence-electron chi connectivity index (χ0n) is 35.2. The third kappa shape index (κ3) is 8.59. The first-order valence-electron chi connectivity index (χ1n) is 22.2. The number of aryl methyl sites for hydroxylation is 1. The maximum atomic E-state index is 15.1. The molecule has 3 aliphatic heterocycles. The molecule has 1 unspecified atom stereocenters. The number of aromatic nitrogens is 5. The summed E-state index contributed by atoms with van der Waals surface area (Å²) in [5.41, 5.74) is 3.61. The van der Waals surface area contributed by atoms with Crippen LogP contribution in [0, 0.1) is 17.7 Å². The van der Waals surface area contributed by atoms with Gasteiger partial charge in [-0.1, -0.05) is 30.7 Å². The molecule has 2 N–H and O–H groups in total. The molecule has 9 rings (SSSR count). The molecule has 5 aromatic rings. The van der Waals surface area contributed by atoms with Gasteiger partial charge in [0.2, 0.25) is 23.7 Å². The number of piperidine rings is 3. The lowest BCUT2D eigenvalue weighted by Crippen LogP contribution is -2.44. The van der Waals surface area contributed by atoms with E-state index in [1.54, 1.807) is 54.2 Å². The summed E-state index contributed by atoms with van der Waals surface area (Å²) in [6.45, 7) is 4.65. The van der Waals surface area contributed by atoms with E-state index in [0.29, 0.717) is 41.9 Å². The second-order valence-electron chi connectivity index (χ2n) is 17.7. The lowest BCUT2D eigenvalue weighted by atomic mass is 9.84. The monoisotopic (exact) mass is 843 g/mol. The van der Waals surface area contributed by atoms with E-state index in [9.17, 15) is 24.0 Å². The summed E-state index contributed by atoms with van der Waals surface area (Å²) in [6, 6.07) is 17.5. The number of carbonyl (C=O) groups is 3. The van der Waals surface area contributed by atoms with E-state index in [2.05, 4.69) is 42.5 Å². The molecule has 1 aliphatic carbocycles. The van der Waals surface area contributed by atoms with Crippen LogP contribution < -0.4 is 21.9 Å². The molecule has 2 aromatic carbocycles. The van der Waals surface area contributed by atoms with Gasteiger partial charge < -0.3 is 15.1 Å². The van der Waals surface area contributed by atoms with Crippen LogP contribution in [0.4, 0.5) is 10.3 Å². The van der Waals surface area contributed by atoms with Crippen LogP contribution in [0.3, 0.4) is 0 Å². The van der Waals surface area contributed by atoms with Crippen molar-refractivity contribution in [2.45, 2.75) is 88.6 Å². The molecule has 4 aliphatic rings. The molecule has 14 nitrogen and oxygen atoms in total. The van der Waals surface area contributed by atoms with Crippen molar-refractivity contribution >= 4 is 34.7 Å². The van der Waals surface area contributed by atoms with Crippen LogP contribution in [0.25, 0.3) is 28.0 Å². The minimum absolute atomic E-state index is 0.00416. The minimum atomic E-state index is -0.687. The molecule has 3 atom stereocenters. The van der Waals surface area contributed by atoms with Gasteiger partial charge in [0, 0.05) is 62.0 Å². The number of pyridine rings is 1. The largest absolute Gasteiger partial charge is 0.351 e. The summed E-state index contributed by atoms with van der Waals surface area (Å²) in [4.78, 5) is 77.2. The fourth-order valence-corrected chi connectivity index (χ4v) is 10.2. The molecular weight excluding hydrogens is 790 g/mol. The van der Waals surface area contributed by atoms with Crippen LogP contribution >= 0.6 is 0 Å². The van der Waals surface area contributed by atoms with Gasteiger partial charge in [-0.3, -0.25) is 38.2 Å². The van der Waals surface area contributed by atoms with Crippen molar-refractivity contribution in [3.8, 4) is 16.9 Å². The van der Waals surface area contributed by atoms with Crippen LogP contribution in [-0.2, 0) is 21.4 Å². The Morgan fingerprint density at radius 3 is 2.50 bits per heavy atom. The maximum Gasteiger partial charge on any atom is 0.329 e. The number of imide groups is 1. The van der Waals surface area contributed by atoms with Gasteiger partial charge in [0.05, 0.1) is 17.2 Å². The number of amides is 3. The second kappa shape index (κ2) is 17.8. The third-order valence-electron chi connectivity index (χ3n) is 13.8. The van der Waals surface area contributed by atoms with E-state index >= 15 is 4.39 Å². The van der Waals surface area contributed by atoms with Gasteiger partial charge in [-0.05, 0) is 125 Å². The molecule has 15 heteroatoms. The molecule has 62 heavy (non-hydrogen) atoms. The van der Waals surface area contributed by atoms with Gasteiger partial charge in [-0.25, -0.2) is 19.2 Å². The number of likely N-dealkylation sites (tertiary alicyclic amines) is 2. The molecule has 0 bridgehead atoms. The normalized spacial score (nSPS) is 21.9. The number of rotatable bonds is 10. The van der Waals surface area contributed by atoms with Crippen molar-refractivity contribution in [3.63, 3.8) is 0 Å². The first-order valence-corrected chi connectivity index (χ1v) is 22.2. The number of hydrogen-bond acceptors (Lipinski definition) is 9. The summed E-state index contributed by atoms with van der Waals surface area (Å²) in [7, 11) is 1.74. The van der Waals surface area contributed by atoms with Crippen LogP contribution in [0.5, 0.6) is 0 Å². The highest BCUT2D eigenvalue weighted by atomic mass is 19.1. The van der Waals surface area contributed by atoms with Crippen molar-refractivity contribution in [3.05, 3.63) is 105 Å². The smallest absolute Gasteiger partial charge is 0.329 e. The number of nitrogens with one attached hydrogen (secondary N) is 2. The van der Waals surface area contributed by atoms with Crippen LogP contribution in [0.1, 0.15) is 88.2 Å². The Labute approximate surface area is 359 Å². The average molecular weight is 844 g/mol. The Morgan fingerprint density at radius 1 is 0.887 bits per heavy atom. The zero-order valence-corrected chi connectivity index (χ0v) is 35.2. The molecule has 0 spiro atoms. The summed E-state index contributed by atoms with van der Waals surface area (Å²) < 4.78 is 19.7. The number of carbonyl (C=O) groups excluding carboxylic acids is 3. The molecule has 324 valence electrons. The van der Waals surface area contributed by atoms with Gasteiger partial charge in [0.15, 0.2) is 5.82 Å². The van der Waals surface area contributed by atoms with Crippen LogP contribution in [0.2, 0.25) is 0 Å². The molecule has 0 radical (unpaired) electrons. The van der Waals surface area contributed by atoms with Gasteiger partial charge in [0.1, 0.15) is 11.7 Å². The van der Waals surface area contributed by atoms with Gasteiger partial charge in [-0.2, -0.15) is 0 Å². The number of hydrogen-bond donors (Lipinski definition) is 2. The second-order valence-corrected chi connectivity index (χ2v) is 17.7. The first kappa shape index (κ1) is 41.4. The Balaban J connectivity index is 0.734. The predicted octanol–water partition coefficient (Wildman–Crippen LogP) is 5.54. The van der Waals surface area contributed by atoms with E-state index in [0.717, 1.165) is 95.1 Å². The summed E-state index contributed by atoms with van der Waals surface area (Å²) in [5, 5.41) is 5.78. The molecule has 1 saturated carbocycles. The van der Waals surface area contributed by atoms with Crippen molar-refractivity contribution in [2.24, 2.45) is 18.9 Å². The summed E-state index contributed by atoms with van der Waals surface area (Å²) >= 11 is 0. The van der Waals surface area contributed by atoms with Crippen molar-refractivity contribution in [1.29, 1.82) is 0 Å². The molecule has 6 heterocycles. The number of halogens is 1. The fourth-order valence-electron chi connectivity index (χ4n) is 10.2. The van der Waals surface area contributed by atoms with E-state index in [1.807, 2.05) is 6.07 Å². The first-order chi connectivity index (χ1) is 30.1. The lowest BCUT2D eigenvalue weighted by Gasteiger charge is -2.38. The molecular formula is C47H54FN9O5. The molecule has 4 fully saturated rings. The Kier molecular flexibility index (Phi) is 11.9. The van der Waals surface area contributed by atoms with E-state index in [4.69, 9.17) is 0 Å². The maximum absolute atomic E-state index is 15.1. The number of imidazole rings is 1. The van der Waals surface area contributed by atoms with Crippen molar-refractivity contribution in [2.75, 3.05) is 38.0 Å². The zero-order chi connectivity index (χ0) is 42.9. The van der Waals surface area contributed by atoms with E-state index in [-0.39, 0.29) is 47.1 Å². The quantitative estimate of drug-likeness (QED) is 0.172. The topological polar surface area (TPSA) is 156 Å². The van der Waals surface area contributed by atoms with Crippen molar-refractivity contribution in [1.82, 2.24) is 38.8 Å². The van der Waals surface area contributed by atoms with Gasteiger partial charge in [0.25, 0.3) is 5.56 Å². The highest BCUT2D eigenvalue weighted by Gasteiger charge is 2.34. The van der Waals surface area contributed by atoms with Crippen molar-refractivity contribution < 1.29 is 18.8 Å². The van der Waals surface area contributed by atoms with Gasteiger partial charge >= 0.3 is 5.69 Å². The predicted molar refractivity (Wildman–Crippen MR) is 233 cm³/mol. The molecule has 3 amide bonds. The third-order valence-corrected chi connectivity index (χ3v) is 13.8. The lowest BCUT2D eigenvalue weighted by molar-refractivity contribution is -0.138. The molecule has 3 saturated heterocycles. The number of fused-ring (bicyclic) bond motifs is 1. The number of nitrogens with zero attached hydrogens (tertiary/aromatic N) is 7. The van der Waals surface area contributed by atoms with Crippen LogP contribution in [-0.4, -0.2) is 90.0 Å². The highest BCUT2D eigenvalue weighted by molar-refractivity contribution is 6.00. The standard InChI is InChI=1S/C47H54FN9O5/c1-53-40-28-32(11-12-38(40)57(47(53)62)39-13-14-41(58)51-44(39)60)31-18-22-54(23-19-31)21-15-30-16-24-55(25-17-30)45(61)34-7-4-8-35(26-34)50-46-49-29-37(48)43(52-46)33-6-5-9-36(27-33)56-20-3-2-10-42(56)59/h2-3,5-6,9-12,20,27-31,34-35,39H,4,7-8,13-19,21-26H2,1H3,(H,49,50,52)(H,51,58,60)/t34-,35+,39?/m0/s1. The molecule has 3 aromatic heterocycles. The fraction of sp³-hybridized carbons (Fsp3) is 0.468. The summed E-state index contributed by atoms with van der Waals surface area (Å²) in [6.07, 6.45) is 11.9. The van der Waals surface area contributed by atoms with E-state index in [1.165, 1.54) is 27.0 Å². The van der Waals surface area contributed by atoms with E-state index < -0.39 is 17.8 Å². The van der Waals surface area contributed by atoms with Gasteiger partial charge in [-0.15, -0.1) is 0 Å². The Hall–Kier alpha value is -5.96.